The van der Waals surface area contributed by atoms with E-state index in [4.69, 9.17) is 11.6 Å². The highest BCUT2D eigenvalue weighted by Gasteiger charge is 2.28. The van der Waals surface area contributed by atoms with Crippen molar-refractivity contribution in [3.63, 3.8) is 0 Å². The number of nitrogens with one attached hydrogen (secondary N) is 1. The first-order valence-electron chi connectivity index (χ1n) is 4.26. The maximum absolute atomic E-state index is 6.09. The van der Waals surface area contributed by atoms with Crippen LogP contribution < -0.4 is 5.32 Å². The summed E-state index contributed by atoms with van der Waals surface area (Å²) in [6.45, 7) is 0. The zero-order chi connectivity index (χ0) is 9.42. The molecule has 0 unspecified atom stereocenters. The van der Waals surface area contributed by atoms with Crippen molar-refractivity contribution in [3.8, 4) is 0 Å². The van der Waals surface area contributed by atoms with Gasteiger partial charge in [0.25, 0.3) is 0 Å². The fourth-order valence-electron chi connectivity index (χ4n) is 1.30. The smallest absolute Gasteiger partial charge is 0.129 e. The Labute approximate surface area is 90.8 Å². The third kappa shape index (κ3) is 1.81. The Bertz CT molecular complexity index is 337. The lowest BCUT2D eigenvalue weighted by atomic mass is 10.2. The molecule has 0 aliphatic heterocycles. The molecular formula is C9H10BrClN2. The highest BCUT2D eigenvalue weighted by molar-refractivity contribution is 9.10. The van der Waals surface area contributed by atoms with E-state index in [1.807, 2.05) is 13.1 Å². The topological polar surface area (TPSA) is 24.9 Å². The monoisotopic (exact) mass is 260 g/mol. The van der Waals surface area contributed by atoms with E-state index >= 15 is 0 Å². The van der Waals surface area contributed by atoms with Crippen LogP contribution in [0.25, 0.3) is 0 Å². The van der Waals surface area contributed by atoms with Crippen LogP contribution in [0.4, 0.5) is 5.69 Å². The second-order valence-corrected chi connectivity index (χ2v) is 4.38. The predicted octanol–water partition coefficient (Wildman–Crippen LogP) is 3.42. The van der Waals surface area contributed by atoms with Crippen molar-refractivity contribution >= 4 is 33.2 Å². The normalized spacial score (nSPS) is 15.9. The molecule has 0 atom stereocenters. The zero-order valence-electron chi connectivity index (χ0n) is 7.27. The van der Waals surface area contributed by atoms with Crippen molar-refractivity contribution in [2.45, 2.75) is 18.8 Å². The van der Waals surface area contributed by atoms with Crippen LogP contribution in [-0.4, -0.2) is 12.0 Å². The van der Waals surface area contributed by atoms with Crippen LogP contribution in [0.15, 0.2) is 10.7 Å². The Morgan fingerprint density at radius 2 is 2.31 bits per heavy atom. The molecule has 70 valence electrons. The van der Waals surface area contributed by atoms with Crippen LogP contribution in [0.2, 0.25) is 5.02 Å². The van der Waals surface area contributed by atoms with Gasteiger partial charge in [-0.3, -0.25) is 0 Å². The Morgan fingerprint density at radius 1 is 1.62 bits per heavy atom. The van der Waals surface area contributed by atoms with E-state index in [9.17, 15) is 0 Å². The largest absolute Gasteiger partial charge is 0.386 e. The van der Waals surface area contributed by atoms with Gasteiger partial charge in [-0.2, -0.15) is 0 Å². The quantitative estimate of drug-likeness (QED) is 0.825. The molecule has 2 rings (SSSR count). The molecule has 1 N–H and O–H groups in total. The minimum Gasteiger partial charge on any atom is -0.386 e. The lowest BCUT2D eigenvalue weighted by Crippen LogP contribution is -1.95. The highest BCUT2D eigenvalue weighted by Crippen LogP contribution is 2.43. The van der Waals surface area contributed by atoms with Gasteiger partial charge in [0.15, 0.2) is 0 Å². The minimum atomic E-state index is 0.592. The molecule has 2 nitrogen and oxygen atoms in total. The Balaban J connectivity index is 2.42. The molecule has 0 spiro atoms. The molecule has 1 aromatic heterocycles. The molecule has 1 heterocycles. The van der Waals surface area contributed by atoms with Gasteiger partial charge in [-0.05, 0) is 34.8 Å². The third-order valence-electron chi connectivity index (χ3n) is 2.19. The van der Waals surface area contributed by atoms with Gasteiger partial charge in [0.2, 0.25) is 0 Å². The summed E-state index contributed by atoms with van der Waals surface area (Å²) >= 11 is 9.50. The fourth-order valence-corrected chi connectivity index (χ4v) is 2.11. The van der Waals surface area contributed by atoms with Crippen LogP contribution >= 0.6 is 27.5 Å². The first-order valence-corrected chi connectivity index (χ1v) is 5.43. The summed E-state index contributed by atoms with van der Waals surface area (Å²) in [5, 5.41) is 3.80. The molecule has 0 aromatic carbocycles. The van der Waals surface area contributed by atoms with Gasteiger partial charge in [0.05, 0.1) is 16.4 Å². The van der Waals surface area contributed by atoms with E-state index in [1.54, 1.807) is 0 Å². The molecule has 1 aliphatic rings. The van der Waals surface area contributed by atoms with E-state index in [1.165, 1.54) is 12.8 Å². The first-order chi connectivity index (χ1) is 6.22. The van der Waals surface area contributed by atoms with Crippen LogP contribution in [0.1, 0.15) is 24.5 Å². The second-order valence-electron chi connectivity index (χ2n) is 3.22. The van der Waals surface area contributed by atoms with E-state index in [2.05, 4.69) is 26.2 Å². The Kier molecular flexibility index (Phi) is 2.47. The van der Waals surface area contributed by atoms with E-state index in [-0.39, 0.29) is 0 Å². The maximum Gasteiger partial charge on any atom is 0.129 e. The Hall–Kier alpha value is -0.280. The van der Waals surface area contributed by atoms with Crippen LogP contribution in [0.5, 0.6) is 0 Å². The highest BCUT2D eigenvalue weighted by atomic mass is 79.9. The summed E-state index contributed by atoms with van der Waals surface area (Å²) in [6, 6.07) is 1.92. The van der Waals surface area contributed by atoms with Crippen molar-refractivity contribution in [2.24, 2.45) is 0 Å². The van der Waals surface area contributed by atoms with Gasteiger partial charge in [0, 0.05) is 13.0 Å². The molecule has 0 bridgehead atoms. The number of hydrogen-bond acceptors (Lipinski definition) is 2. The van der Waals surface area contributed by atoms with E-state index in [0.717, 1.165) is 21.0 Å². The van der Waals surface area contributed by atoms with Gasteiger partial charge >= 0.3 is 0 Å². The number of nitrogens with zero attached hydrogens (tertiary/aromatic N) is 1. The Morgan fingerprint density at radius 3 is 2.85 bits per heavy atom. The number of pyridine rings is 1. The van der Waals surface area contributed by atoms with Gasteiger partial charge in [0.1, 0.15) is 4.60 Å². The molecule has 1 saturated carbocycles. The average Bonchev–Trinajstić information content (AvgIpc) is 2.91. The second kappa shape index (κ2) is 3.46. The minimum absolute atomic E-state index is 0.592. The molecule has 1 fully saturated rings. The van der Waals surface area contributed by atoms with E-state index < -0.39 is 0 Å². The molecule has 13 heavy (non-hydrogen) atoms. The number of halogens is 2. The lowest BCUT2D eigenvalue weighted by molar-refractivity contribution is 1.01. The van der Waals surface area contributed by atoms with Gasteiger partial charge in [-0.25, -0.2) is 4.98 Å². The molecule has 0 saturated heterocycles. The maximum atomic E-state index is 6.09. The SMILES string of the molecule is CNc1cc(Cl)c(C2CC2)nc1Br. The van der Waals surface area contributed by atoms with Crippen LogP contribution in [0.3, 0.4) is 0 Å². The molecule has 0 radical (unpaired) electrons. The van der Waals surface area contributed by atoms with Gasteiger partial charge < -0.3 is 5.32 Å². The molecule has 1 aromatic rings. The lowest BCUT2D eigenvalue weighted by Gasteiger charge is -2.07. The van der Waals surface area contributed by atoms with Gasteiger partial charge in [-0.1, -0.05) is 11.6 Å². The molecule has 1 aliphatic carbocycles. The van der Waals surface area contributed by atoms with Crippen molar-refractivity contribution < 1.29 is 0 Å². The summed E-state index contributed by atoms with van der Waals surface area (Å²) in [5.41, 5.74) is 1.97. The van der Waals surface area contributed by atoms with Crippen molar-refractivity contribution in [1.29, 1.82) is 0 Å². The fraction of sp³-hybridized carbons (Fsp3) is 0.444. The number of hydrogen-bond donors (Lipinski definition) is 1. The third-order valence-corrected chi connectivity index (χ3v) is 3.10. The first kappa shape index (κ1) is 9.28. The number of rotatable bonds is 2. The summed E-state index contributed by atoms with van der Waals surface area (Å²) in [6.07, 6.45) is 2.44. The van der Waals surface area contributed by atoms with Crippen LogP contribution in [-0.2, 0) is 0 Å². The van der Waals surface area contributed by atoms with Crippen molar-refractivity contribution in [3.05, 3.63) is 21.4 Å². The zero-order valence-corrected chi connectivity index (χ0v) is 9.61. The summed E-state index contributed by atoms with van der Waals surface area (Å²) < 4.78 is 0.848. The van der Waals surface area contributed by atoms with Crippen LogP contribution in [0, 0.1) is 0 Å². The molecule has 4 heteroatoms. The summed E-state index contributed by atoms with van der Waals surface area (Å²) in [4.78, 5) is 4.43. The van der Waals surface area contributed by atoms with E-state index in [0.29, 0.717) is 5.92 Å². The average molecular weight is 262 g/mol. The number of anilines is 1. The standard InChI is InChI=1S/C9H10BrClN2/c1-12-7-4-6(11)8(5-2-3-5)13-9(7)10/h4-5,12H,2-3H2,1H3. The molecular weight excluding hydrogens is 251 g/mol. The predicted molar refractivity (Wildman–Crippen MR) is 58.5 cm³/mol. The molecule has 0 amide bonds. The van der Waals surface area contributed by atoms with Crippen molar-refractivity contribution in [2.75, 3.05) is 12.4 Å². The van der Waals surface area contributed by atoms with Gasteiger partial charge in [-0.15, -0.1) is 0 Å². The summed E-state index contributed by atoms with van der Waals surface area (Å²) in [5.74, 6) is 0.592. The van der Waals surface area contributed by atoms with Crippen molar-refractivity contribution in [1.82, 2.24) is 4.98 Å². The summed E-state index contributed by atoms with van der Waals surface area (Å²) in [7, 11) is 1.86. The number of aromatic nitrogens is 1.